The molecule has 11 heteroatoms. The fourth-order valence-corrected chi connectivity index (χ4v) is 2.50. The van der Waals surface area contributed by atoms with Crippen molar-refractivity contribution in [3.05, 3.63) is 49.6 Å². The van der Waals surface area contributed by atoms with E-state index >= 15 is 0 Å². The van der Waals surface area contributed by atoms with Gasteiger partial charge in [0.15, 0.2) is 11.5 Å². The maximum atomic E-state index is 10.9. The number of aromatic amines is 1. The van der Waals surface area contributed by atoms with Crippen LogP contribution in [0.4, 0.5) is 17.2 Å². The molecule has 3 rings (SSSR count). The molecule has 0 radical (unpaired) electrons. The first-order valence-electron chi connectivity index (χ1n) is 6.29. The molecule has 2 heterocycles. The summed E-state index contributed by atoms with van der Waals surface area (Å²) in [5.41, 5.74) is 0.321. The van der Waals surface area contributed by atoms with E-state index in [4.69, 9.17) is 34.8 Å². The van der Waals surface area contributed by atoms with Gasteiger partial charge in [-0.1, -0.05) is 34.8 Å². The standard InChI is InChI=1S/C13H6Cl3N5O3/c14-7-4-8(15)12(18-11(7)16)20-19-10-6-3-5(21(23)24)1-2-9(6)17-13(10)22/h1-4,17,22H. The van der Waals surface area contributed by atoms with E-state index in [1.807, 2.05) is 0 Å². The number of H-pyrrole nitrogens is 1. The van der Waals surface area contributed by atoms with Crippen LogP contribution in [0.2, 0.25) is 15.2 Å². The molecular formula is C13H6Cl3N5O3. The molecule has 0 fully saturated rings. The molecule has 0 spiro atoms. The Kier molecular flexibility index (Phi) is 4.27. The summed E-state index contributed by atoms with van der Waals surface area (Å²) < 4.78 is 0. The van der Waals surface area contributed by atoms with Gasteiger partial charge in [-0.3, -0.25) is 10.1 Å². The Bertz CT molecular complexity index is 1000. The van der Waals surface area contributed by atoms with Gasteiger partial charge in [0.25, 0.3) is 5.69 Å². The quantitative estimate of drug-likeness (QED) is 0.265. The third-order valence-corrected chi connectivity index (χ3v) is 4.01. The van der Waals surface area contributed by atoms with Crippen LogP contribution in [0.25, 0.3) is 10.9 Å². The topological polar surface area (TPSA) is 117 Å². The lowest BCUT2D eigenvalue weighted by Crippen LogP contribution is -1.86. The predicted octanol–water partition coefficient (Wildman–Crippen LogP) is 5.55. The molecule has 1 aromatic carbocycles. The van der Waals surface area contributed by atoms with Crippen molar-refractivity contribution in [3.63, 3.8) is 0 Å². The van der Waals surface area contributed by atoms with Crippen LogP contribution in [-0.4, -0.2) is 20.0 Å². The number of hydrogen-bond acceptors (Lipinski definition) is 6. The Morgan fingerprint density at radius 3 is 2.62 bits per heavy atom. The van der Waals surface area contributed by atoms with Gasteiger partial charge in [-0.05, 0) is 12.1 Å². The second kappa shape index (κ2) is 6.23. The highest BCUT2D eigenvalue weighted by Gasteiger charge is 2.15. The number of benzene rings is 1. The minimum Gasteiger partial charge on any atom is -0.493 e. The van der Waals surface area contributed by atoms with Gasteiger partial charge in [-0.15, -0.1) is 10.2 Å². The second-order valence-electron chi connectivity index (χ2n) is 4.58. The Morgan fingerprint density at radius 2 is 1.92 bits per heavy atom. The summed E-state index contributed by atoms with van der Waals surface area (Å²) >= 11 is 17.5. The fraction of sp³-hybridized carbons (Fsp3) is 0. The summed E-state index contributed by atoms with van der Waals surface area (Å²) in [6, 6.07) is 5.38. The van der Waals surface area contributed by atoms with E-state index in [0.29, 0.717) is 10.9 Å². The molecule has 0 bridgehead atoms. The normalized spacial score (nSPS) is 11.5. The largest absolute Gasteiger partial charge is 0.493 e. The molecule has 122 valence electrons. The third-order valence-electron chi connectivity index (χ3n) is 3.06. The molecule has 0 aliphatic rings. The Morgan fingerprint density at radius 1 is 1.17 bits per heavy atom. The highest BCUT2D eigenvalue weighted by atomic mass is 35.5. The highest BCUT2D eigenvalue weighted by Crippen LogP contribution is 2.39. The number of rotatable bonds is 3. The zero-order chi connectivity index (χ0) is 17.4. The number of halogens is 3. The molecule has 8 nitrogen and oxygen atoms in total. The maximum absolute atomic E-state index is 10.9. The second-order valence-corrected chi connectivity index (χ2v) is 5.75. The van der Waals surface area contributed by atoms with E-state index in [1.54, 1.807) is 0 Å². The van der Waals surface area contributed by atoms with Crippen LogP contribution in [0.15, 0.2) is 34.5 Å². The van der Waals surface area contributed by atoms with Crippen molar-refractivity contribution in [1.82, 2.24) is 9.97 Å². The molecular weight excluding hydrogens is 381 g/mol. The number of azo groups is 1. The van der Waals surface area contributed by atoms with E-state index in [9.17, 15) is 15.2 Å². The number of aromatic nitrogens is 2. The molecule has 24 heavy (non-hydrogen) atoms. The first kappa shape index (κ1) is 16.4. The van der Waals surface area contributed by atoms with Gasteiger partial charge >= 0.3 is 0 Å². The lowest BCUT2D eigenvalue weighted by molar-refractivity contribution is -0.384. The van der Waals surface area contributed by atoms with Crippen LogP contribution in [-0.2, 0) is 0 Å². The molecule has 0 atom stereocenters. The van der Waals surface area contributed by atoms with Crippen molar-refractivity contribution in [3.8, 4) is 5.88 Å². The van der Waals surface area contributed by atoms with E-state index in [0.717, 1.165) is 0 Å². The summed E-state index contributed by atoms with van der Waals surface area (Å²) in [7, 11) is 0. The van der Waals surface area contributed by atoms with Crippen molar-refractivity contribution in [2.24, 2.45) is 10.2 Å². The maximum Gasteiger partial charge on any atom is 0.270 e. The summed E-state index contributed by atoms with van der Waals surface area (Å²) in [6.45, 7) is 0. The first-order valence-corrected chi connectivity index (χ1v) is 7.42. The number of nitrogens with one attached hydrogen (secondary N) is 1. The van der Waals surface area contributed by atoms with Crippen LogP contribution in [0.3, 0.4) is 0 Å². The number of hydrogen-bond donors (Lipinski definition) is 2. The number of aromatic hydroxyl groups is 1. The lowest BCUT2D eigenvalue weighted by Gasteiger charge is -1.99. The minimum atomic E-state index is -0.554. The molecule has 0 saturated heterocycles. The van der Waals surface area contributed by atoms with E-state index < -0.39 is 4.92 Å². The summed E-state index contributed by atoms with van der Waals surface area (Å²) in [5, 5.41) is 29.1. The predicted molar refractivity (Wildman–Crippen MR) is 90.1 cm³/mol. The molecule has 2 N–H and O–H groups in total. The van der Waals surface area contributed by atoms with Crippen molar-refractivity contribution in [2.75, 3.05) is 0 Å². The van der Waals surface area contributed by atoms with Crippen LogP contribution in [0, 0.1) is 10.1 Å². The SMILES string of the molecule is O=[N+]([O-])c1ccc2[nH]c(O)c(N=Nc3nc(Cl)c(Cl)cc3Cl)c2c1. The average molecular weight is 387 g/mol. The Labute approximate surface area is 148 Å². The fourth-order valence-electron chi connectivity index (χ4n) is 1.97. The average Bonchev–Trinajstić information content (AvgIpc) is 2.84. The van der Waals surface area contributed by atoms with Gasteiger partial charge in [-0.2, -0.15) is 0 Å². The number of nitro benzene ring substituents is 1. The summed E-state index contributed by atoms with van der Waals surface area (Å²) in [4.78, 5) is 16.8. The molecule has 3 aromatic rings. The van der Waals surface area contributed by atoms with Crippen molar-refractivity contribution < 1.29 is 10.0 Å². The van der Waals surface area contributed by atoms with Gasteiger partial charge < -0.3 is 10.1 Å². The van der Waals surface area contributed by atoms with Crippen LogP contribution < -0.4 is 0 Å². The van der Waals surface area contributed by atoms with Gasteiger partial charge in [0, 0.05) is 17.5 Å². The Hall–Kier alpha value is -2.42. The van der Waals surface area contributed by atoms with E-state index in [-0.39, 0.29) is 38.3 Å². The van der Waals surface area contributed by atoms with Crippen LogP contribution in [0.5, 0.6) is 5.88 Å². The molecule has 2 aromatic heterocycles. The van der Waals surface area contributed by atoms with Gasteiger partial charge in [0.05, 0.1) is 20.5 Å². The molecule has 0 aliphatic carbocycles. The van der Waals surface area contributed by atoms with Crippen LogP contribution in [0.1, 0.15) is 0 Å². The monoisotopic (exact) mass is 385 g/mol. The number of pyridine rings is 1. The third kappa shape index (κ3) is 2.99. The molecule has 0 aliphatic heterocycles. The lowest BCUT2D eigenvalue weighted by atomic mass is 10.2. The van der Waals surface area contributed by atoms with Gasteiger partial charge in [0.2, 0.25) is 5.88 Å². The minimum absolute atomic E-state index is 0.00574. The summed E-state index contributed by atoms with van der Waals surface area (Å²) in [6.07, 6.45) is 0. The van der Waals surface area contributed by atoms with E-state index in [2.05, 4.69) is 20.2 Å². The molecule has 0 saturated carbocycles. The zero-order valence-electron chi connectivity index (χ0n) is 11.5. The molecule has 0 unspecified atom stereocenters. The summed E-state index contributed by atoms with van der Waals surface area (Å²) in [5.74, 6) is -0.310. The van der Waals surface area contributed by atoms with E-state index in [1.165, 1.54) is 24.3 Å². The highest BCUT2D eigenvalue weighted by molar-refractivity contribution is 6.42. The Balaban J connectivity index is 2.09. The van der Waals surface area contributed by atoms with Gasteiger partial charge in [0.1, 0.15) is 5.15 Å². The first-order chi connectivity index (χ1) is 11.4. The number of fused-ring (bicyclic) bond motifs is 1. The number of non-ortho nitro benzene ring substituents is 1. The van der Waals surface area contributed by atoms with Crippen molar-refractivity contribution in [2.45, 2.75) is 0 Å². The van der Waals surface area contributed by atoms with Crippen LogP contribution >= 0.6 is 34.8 Å². The number of nitro groups is 1. The van der Waals surface area contributed by atoms with Gasteiger partial charge in [-0.25, -0.2) is 4.98 Å². The molecule has 0 amide bonds. The van der Waals surface area contributed by atoms with Crippen molar-refractivity contribution >= 4 is 62.9 Å². The smallest absolute Gasteiger partial charge is 0.270 e. The van der Waals surface area contributed by atoms with Crippen molar-refractivity contribution in [1.29, 1.82) is 0 Å². The zero-order valence-corrected chi connectivity index (χ0v) is 13.8. The number of nitrogens with zero attached hydrogens (tertiary/aromatic N) is 4.